The minimum Gasteiger partial charge on any atom is -0.467 e. The molecule has 21 heavy (non-hydrogen) atoms. The van der Waals surface area contributed by atoms with Crippen LogP contribution in [-0.4, -0.2) is 18.5 Å². The zero-order valence-corrected chi connectivity index (χ0v) is 12.0. The van der Waals surface area contributed by atoms with Crippen LogP contribution in [-0.2, 0) is 9.53 Å². The van der Waals surface area contributed by atoms with Gasteiger partial charge in [-0.05, 0) is 38.1 Å². The van der Waals surface area contributed by atoms with E-state index < -0.39 is 5.97 Å². The molecule has 0 saturated heterocycles. The molecule has 0 radical (unpaired) electrons. The Morgan fingerprint density at radius 2 is 2.10 bits per heavy atom. The van der Waals surface area contributed by atoms with Crippen LogP contribution in [0.1, 0.15) is 34.6 Å². The number of furan rings is 1. The van der Waals surface area contributed by atoms with E-state index in [1.165, 1.54) is 6.26 Å². The summed E-state index contributed by atoms with van der Waals surface area (Å²) in [5, 5.41) is 2.69. The minimum atomic E-state index is -0.514. The maximum atomic E-state index is 11.8. The Labute approximate surface area is 122 Å². The van der Waals surface area contributed by atoms with Gasteiger partial charge < -0.3 is 14.5 Å². The maximum Gasteiger partial charge on any atom is 0.338 e. The Morgan fingerprint density at radius 1 is 1.29 bits per heavy atom. The van der Waals surface area contributed by atoms with E-state index in [9.17, 15) is 9.59 Å². The summed E-state index contributed by atoms with van der Waals surface area (Å²) in [5.41, 5.74) is 1.39. The van der Waals surface area contributed by atoms with Crippen molar-refractivity contribution < 1.29 is 18.7 Å². The highest BCUT2D eigenvalue weighted by molar-refractivity contribution is 5.91. The van der Waals surface area contributed by atoms with Gasteiger partial charge in [0.05, 0.1) is 17.9 Å². The van der Waals surface area contributed by atoms with Gasteiger partial charge in [-0.3, -0.25) is 4.79 Å². The topological polar surface area (TPSA) is 68.5 Å². The zero-order chi connectivity index (χ0) is 15.2. The van der Waals surface area contributed by atoms with Crippen molar-refractivity contribution in [1.82, 2.24) is 5.32 Å². The van der Waals surface area contributed by atoms with Crippen LogP contribution in [0.15, 0.2) is 47.1 Å². The van der Waals surface area contributed by atoms with Crippen molar-refractivity contribution in [2.45, 2.75) is 19.9 Å². The summed E-state index contributed by atoms with van der Waals surface area (Å²) >= 11 is 0. The SMILES string of the molecule is Cc1cccc(C(=O)OCC(=O)N[C@H](C)c2ccco2)c1. The van der Waals surface area contributed by atoms with E-state index in [-0.39, 0.29) is 18.6 Å². The fourth-order valence-corrected chi connectivity index (χ4v) is 1.88. The number of carbonyl (C=O) groups is 2. The standard InChI is InChI=1S/C16H17NO4/c1-11-5-3-6-13(9-11)16(19)21-10-15(18)17-12(2)14-7-4-8-20-14/h3-9,12H,10H2,1-2H3,(H,17,18)/t12-/m1/s1. The zero-order valence-electron chi connectivity index (χ0n) is 12.0. The molecule has 2 aromatic rings. The molecule has 110 valence electrons. The summed E-state index contributed by atoms with van der Waals surface area (Å²) in [7, 11) is 0. The smallest absolute Gasteiger partial charge is 0.338 e. The third kappa shape index (κ3) is 4.21. The predicted octanol–water partition coefficient (Wildman–Crippen LogP) is 2.62. The Morgan fingerprint density at radius 3 is 2.76 bits per heavy atom. The molecule has 1 amide bonds. The minimum absolute atomic E-state index is 0.273. The molecule has 0 aliphatic heterocycles. The van der Waals surface area contributed by atoms with Crippen LogP contribution < -0.4 is 5.32 Å². The van der Waals surface area contributed by atoms with Gasteiger partial charge in [0.25, 0.3) is 5.91 Å². The molecule has 1 N–H and O–H groups in total. The summed E-state index contributed by atoms with van der Waals surface area (Å²) in [6, 6.07) is 10.3. The summed E-state index contributed by atoms with van der Waals surface area (Å²) in [6.45, 7) is 3.35. The lowest BCUT2D eigenvalue weighted by Gasteiger charge is -2.11. The number of rotatable bonds is 5. The number of nitrogens with one attached hydrogen (secondary N) is 1. The molecule has 0 bridgehead atoms. The van der Waals surface area contributed by atoms with Crippen LogP contribution in [0, 0.1) is 6.92 Å². The van der Waals surface area contributed by atoms with Crippen LogP contribution in [0.3, 0.4) is 0 Å². The number of carbonyl (C=O) groups excluding carboxylic acids is 2. The normalized spacial score (nSPS) is 11.7. The first-order valence-corrected chi connectivity index (χ1v) is 6.63. The largest absolute Gasteiger partial charge is 0.467 e. The van der Waals surface area contributed by atoms with E-state index in [4.69, 9.17) is 9.15 Å². The molecule has 0 aliphatic rings. The van der Waals surface area contributed by atoms with Crippen molar-refractivity contribution in [1.29, 1.82) is 0 Å². The molecule has 1 aromatic carbocycles. The fourth-order valence-electron chi connectivity index (χ4n) is 1.88. The lowest BCUT2D eigenvalue weighted by atomic mass is 10.1. The molecule has 0 fully saturated rings. The molecule has 5 nitrogen and oxygen atoms in total. The van der Waals surface area contributed by atoms with E-state index in [1.807, 2.05) is 13.0 Å². The Kier molecular flexibility index (Phi) is 4.77. The molecule has 0 saturated carbocycles. The van der Waals surface area contributed by atoms with Crippen molar-refractivity contribution in [2.24, 2.45) is 0 Å². The highest BCUT2D eigenvalue weighted by Gasteiger charge is 2.14. The van der Waals surface area contributed by atoms with Gasteiger partial charge in [-0.1, -0.05) is 17.7 Å². The number of esters is 1. The Bertz CT molecular complexity index is 619. The second-order valence-corrected chi connectivity index (χ2v) is 4.75. The average molecular weight is 287 g/mol. The van der Waals surface area contributed by atoms with Crippen molar-refractivity contribution in [2.75, 3.05) is 6.61 Å². The Hall–Kier alpha value is -2.56. The summed E-state index contributed by atoms with van der Waals surface area (Å²) in [6.07, 6.45) is 1.54. The van der Waals surface area contributed by atoms with Gasteiger partial charge in [0.15, 0.2) is 6.61 Å². The van der Waals surface area contributed by atoms with Crippen molar-refractivity contribution in [3.05, 3.63) is 59.5 Å². The van der Waals surface area contributed by atoms with Gasteiger partial charge in [0.2, 0.25) is 0 Å². The highest BCUT2D eigenvalue weighted by Crippen LogP contribution is 2.12. The van der Waals surface area contributed by atoms with Crippen LogP contribution >= 0.6 is 0 Å². The van der Waals surface area contributed by atoms with E-state index in [0.717, 1.165) is 5.56 Å². The van der Waals surface area contributed by atoms with Crippen LogP contribution in [0.5, 0.6) is 0 Å². The highest BCUT2D eigenvalue weighted by atomic mass is 16.5. The molecule has 5 heteroatoms. The molecular formula is C16H17NO4. The second kappa shape index (κ2) is 6.74. The van der Waals surface area contributed by atoms with Crippen molar-refractivity contribution in [3.8, 4) is 0 Å². The molecule has 2 rings (SSSR count). The first-order chi connectivity index (χ1) is 10.1. The molecule has 1 aromatic heterocycles. The fraction of sp³-hybridized carbons (Fsp3) is 0.250. The summed E-state index contributed by atoms with van der Waals surface area (Å²) in [4.78, 5) is 23.5. The first kappa shape index (κ1) is 14.8. The van der Waals surface area contributed by atoms with E-state index in [1.54, 1.807) is 37.3 Å². The monoisotopic (exact) mass is 287 g/mol. The number of ether oxygens (including phenoxy) is 1. The lowest BCUT2D eigenvalue weighted by molar-refractivity contribution is -0.125. The second-order valence-electron chi connectivity index (χ2n) is 4.75. The molecule has 1 atom stereocenters. The van der Waals surface area contributed by atoms with Gasteiger partial charge in [0, 0.05) is 0 Å². The number of hydrogen-bond donors (Lipinski definition) is 1. The van der Waals surface area contributed by atoms with Crippen molar-refractivity contribution >= 4 is 11.9 Å². The molecule has 0 spiro atoms. The molecule has 0 unspecified atom stereocenters. The van der Waals surface area contributed by atoms with Crippen molar-refractivity contribution in [3.63, 3.8) is 0 Å². The van der Waals surface area contributed by atoms with Gasteiger partial charge in [-0.2, -0.15) is 0 Å². The number of aryl methyl sites for hydroxylation is 1. The molecule has 1 heterocycles. The van der Waals surface area contributed by atoms with E-state index >= 15 is 0 Å². The van der Waals surface area contributed by atoms with Gasteiger partial charge in [-0.25, -0.2) is 4.79 Å². The average Bonchev–Trinajstić information content (AvgIpc) is 2.99. The Balaban J connectivity index is 1.82. The first-order valence-electron chi connectivity index (χ1n) is 6.63. The van der Waals surface area contributed by atoms with Gasteiger partial charge in [0.1, 0.15) is 5.76 Å². The van der Waals surface area contributed by atoms with Crippen LogP contribution in [0.25, 0.3) is 0 Å². The van der Waals surface area contributed by atoms with E-state index in [0.29, 0.717) is 11.3 Å². The number of hydrogen-bond acceptors (Lipinski definition) is 4. The van der Waals surface area contributed by atoms with Gasteiger partial charge >= 0.3 is 5.97 Å². The number of benzene rings is 1. The predicted molar refractivity (Wildman–Crippen MR) is 76.7 cm³/mol. The number of amides is 1. The van der Waals surface area contributed by atoms with Crippen LogP contribution in [0.2, 0.25) is 0 Å². The summed E-state index contributed by atoms with van der Waals surface area (Å²) in [5.74, 6) is -0.243. The quantitative estimate of drug-likeness (QED) is 0.858. The van der Waals surface area contributed by atoms with Crippen LogP contribution in [0.4, 0.5) is 0 Å². The maximum absolute atomic E-state index is 11.8. The van der Waals surface area contributed by atoms with E-state index in [2.05, 4.69) is 5.32 Å². The summed E-state index contributed by atoms with van der Waals surface area (Å²) < 4.78 is 10.2. The third-order valence-electron chi connectivity index (χ3n) is 2.94. The molecule has 0 aliphatic carbocycles. The third-order valence-corrected chi connectivity index (χ3v) is 2.94. The lowest BCUT2D eigenvalue weighted by Crippen LogP contribution is -2.31. The van der Waals surface area contributed by atoms with Gasteiger partial charge in [-0.15, -0.1) is 0 Å². The molecular weight excluding hydrogens is 270 g/mol.